The summed E-state index contributed by atoms with van der Waals surface area (Å²) in [4.78, 5) is 40.4. The van der Waals surface area contributed by atoms with Crippen molar-refractivity contribution in [3.8, 4) is 0 Å². The molecule has 1 aliphatic heterocycles. The van der Waals surface area contributed by atoms with Crippen LogP contribution in [0.15, 0.2) is 33.5 Å². The number of para-hydroxylation sites is 2. The molecule has 9 heteroatoms. The minimum Gasteiger partial charge on any atom is -0.408 e. The molecule has 0 atom stereocenters. The van der Waals surface area contributed by atoms with Crippen molar-refractivity contribution in [1.29, 1.82) is 0 Å². The quantitative estimate of drug-likeness (QED) is 0.570. The van der Waals surface area contributed by atoms with Crippen LogP contribution < -0.4 is 11.1 Å². The minimum atomic E-state index is -0.391. The average Bonchev–Trinajstić information content (AvgIpc) is 3.07. The fourth-order valence-corrected chi connectivity index (χ4v) is 3.63. The van der Waals surface area contributed by atoms with E-state index in [1.54, 1.807) is 17.7 Å². The molecule has 1 fully saturated rings. The third-order valence-corrected chi connectivity index (χ3v) is 5.29. The molecule has 1 aromatic heterocycles. The standard InChI is InChI=1S/C21H30N4O5/c1-29-15-5-9-22-19(26)16-23-11-13-24(14-12-23)20(27)8-4-10-25-17-6-2-3-7-18(17)30-21(25)28/h2-3,6-7H,4-5,8-16H2,1H3,(H,22,26). The summed E-state index contributed by atoms with van der Waals surface area (Å²) in [7, 11) is 1.64. The Bertz CT molecular complexity index is 898. The molecule has 0 radical (unpaired) electrons. The van der Waals surface area contributed by atoms with Gasteiger partial charge in [0.05, 0.1) is 12.1 Å². The summed E-state index contributed by atoms with van der Waals surface area (Å²) < 4.78 is 11.8. The maximum absolute atomic E-state index is 12.5. The lowest BCUT2D eigenvalue weighted by molar-refractivity contribution is -0.133. The Kier molecular flexibility index (Phi) is 8.04. The summed E-state index contributed by atoms with van der Waals surface area (Å²) in [5.41, 5.74) is 1.32. The van der Waals surface area contributed by atoms with Gasteiger partial charge in [0.1, 0.15) is 0 Å². The fraction of sp³-hybridized carbons (Fsp3) is 0.571. The number of oxazole rings is 1. The number of piperazine rings is 1. The molecule has 1 saturated heterocycles. The van der Waals surface area contributed by atoms with Crippen LogP contribution in [0, 0.1) is 0 Å². The molecular weight excluding hydrogens is 388 g/mol. The van der Waals surface area contributed by atoms with Crippen molar-refractivity contribution in [3.05, 3.63) is 34.8 Å². The number of aryl methyl sites for hydroxylation is 1. The molecule has 2 amide bonds. The zero-order valence-electron chi connectivity index (χ0n) is 17.5. The van der Waals surface area contributed by atoms with Crippen LogP contribution >= 0.6 is 0 Å². The van der Waals surface area contributed by atoms with E-state index in [1.807, 2.05) is 23.1 Å². The van der Waals surface area contributed by atoms with Crippen LogP contribution in [-0.2, 0) is 20.9 Å². The number of amides is 2. The molecule has 0 saturated carbocycles. The van der Waals surface area contributed by atoms with E-state index < -0.39 is 5.76 Å². The normalized spacial score (nSPS) is 14.9. The molecule has 1 aromatic carbocycles. The minimum absolute atomic E-state index is 0.00339. The summed E-state index contributed by atoms with van der Waals surface area (Å²) in [6.45, 7) is 4.64. The zero-order chi connectivity index (χ0) is 21.3. The SMILES string of the molecule is COCCCNC(=O)CN1CCN(C(=O)CCCn2c(=O)oc3ccccc32)CC1. The highest BCUT2D eigenvalue weighted by Crippen LogP contribution is 2.13. The number of aromatic nitrogens is 1. The summed E-state index contributed by atoms with van der Waals surface area (Å²) >= 11 is 0. The number of hydrogen-bond acceptors (Lipinski definition) is 6. The van der Waals surface area contributed by atoms with E-state index in [9.17, 15) is 14.4 Å². The van der Waals surface area contributed by atoms with Crippen molar-refractivity contribution < 1.29 is 18.7 Å². The Morgan fingerprint density at radius 1 is 1.13 bits per heavy atom. The predicted molar refractivity (Wildman–Crippen MR) is 112 cm³/mol. The average molecular weight is 418 g/mol. The Morgan fingerprint density at radius 2 is 1.90 bits per heavy atom. The molecule has 9 nitrogen and oxygen atoms in total. The number of carbonyl (C=O) groups is 2. The van der Waals surface area contributed by atoms with Gasteiger partial charge in [0, 0.05) is 59.4 Å². The second-order valence-corrected chi connectivity index (χ2v) is 7.44. The molecule has 2 aromatic rings. The second-order valence-electron chi connectivity index (χ2n) is 7.44. The van der Waals surface area contributed by atoms with Gasteiger partial charge in [-0.15, -0.1) is 0 Å². The Labute approximate surface area is 175 Å². The first-order chi connectivity index (χ1) is 14.6. The third kappa shape index (κ3) is 5.93. The number of carbonyl (C=O) groups excluding carboxylic acids is 2. The number of benzene rings is 1. The number of rotatable bonds is 10. The summed E-state index contributed by atoms with van der Waals surface area (Å²) in [5.74, 6) is -0.305. The van der Waals surface area contributed by atoms with Gasteiger partial charge in [-0.25, -0.2) is 4.79 Å². The van der Waals surface area contributed by atoms with Crippen LogP contribution in [0.2, 0.25) is 0 Å². The number of fused-ring (bicyclic) bond motifs is 1. The number of nitrogens with zero attached hydrogens (tertiary/aromatic N) is 3. The van der Waals surface area contributed by atoms with Crippen LogP contribution in [0.5, 0.6) is 0 Å². The Morgan fingerprint density at radius 3 is 2.67 bits per heavy atom. The van der Waals surface area contributed by atoms with Gasteiger partial charge in [-0.3, -0.25) is 19.1 Å². The molecule has 0 spiro atoms. The van der Waals surface area contributed by atoms with Crippen LogP contribution in [0.3, 0.4) is 0 Å². The summed E-state index contributed by atoms with van der Waals surface area (Å²) in [6, 6.07) is 7.29. The number of methoxy groups -OCH3 is 1. The molecule has 2 heterocycles. The number of hydrogen-bond donors (Lipinski definition) is 1. The van der Waals surface area contributed by atoms with E-state index in [0.717, 1.165) is 11.9 Å². The van der Waals surface area contributed by atoms with Gasteiger partial charge in [-0.2, -0.15) is 0 Å². The molecule has 0 bridgehead atoms. The van der Waals surface area contributed by atoms with Crippen molar-refractivity contribution in [2.75, 3.05) is 53.0 Å². The molecular formula is C21H30N4O5. The van der Waals surface area contributed by atoms with E-state index in [0.29, 0.717) is 70.8 Å². The lowest BCUT2D eigenvalue weighted by Crippen LogP contribution is -2.51. The van der Waals surface area contributed by atoms with Crippen LogP contribution in [0.1, 0.15) is 19.3 Å². The van der Waals surface area contributed by atoms with E-state index >= 15 is 0 Å². The first-order valence-electron chi connectivity index (χ1n) is 10.4. The highest BCUT2D eigenvalue weighted by Gasteiger charge is 2.22. The van der Waals surface area contributed by atoms with Gasteiger partial charge < -0.3 is 19.4 Å². The second kappa shape index (κ2) is 10.9. The van der Waals surface area contributed by atoms with Crippen molar-refractivity contribution in [2.24, 2.45) is 0 Å². The summed E-state index contributed by atoms with van der Waals surface area (Å²) in [5, 5.41) is 2.88. The Balaban J connectivity index is 1.37. The van der Waals surface area contributed by atoms with Crippen molar-refractivity contribution in [2.45, 2.75) is 25.8 Å². The maximum atomic E-state index is 12.5. The topological polar surface area (TPSA) is 97.0 Å². The first-order valence-corrected chi connectivity index (χ1v) is 10.4. The largest absolute Gasteiger partial charge is 0.419 e. The number of ether oxygens (including phenoxy) is 1. The highest BCUT2D eigenvalue weighted by molar-refractivity contribution is 5.78. The lowest BCUT2D eigenvalue weighted by Gasteiger charge is -2.34. The van der Waals surface area contributed by atoms with Crippen LogP contribution in [-0.4, -0.2) is 79.2 Å². The van der Waals surface area contributed by atoms with Crippen LogP contribution in [0.4, 0.5) is 0 Å². The first kappa shape index (κ1) is 22.0. The molecule has 3 rings (SSSR count). The van der Waals surface area contributed by atoms with Gasteiger partial charge in [0.2, 0.25) is 11.8 Å². The van der Waals surface area contributed by atoms with E-state index in [2.05, 4.69) is 10.2 Å². The lowest BCUT2D eigenvalue weighted by atomic mass is 10.2. The smallest absolute Gasteiger partial charge is 0.408 e. The molecule has 0 unspecified atom stereocenters. The van der Waals surface area contributed by atoms with Gasteiger partial charge in [-0.1, -0.05) is 12.1 Å². The third-order valence-electron chi connectivity index (χ3n) is 5.29. The monoisotopic (exact) mass is 418 g/mol. The summed E-state index contributed by atoms with van der Waals surface area (Å²) in [6.07, 6.45) is 1.75. The van der Waals surface area contributed by atoms with E-state index in [4.69, 9.17) is 9.15 Å². The highest BCUT2D eigenvalue weighted by atomic mass is 16.5. The molecule has 164 valence electrons. The van der Waals surface area contributed by atoms with Gasteiger partial charge >= 0.3 is 5.76 Å². The van der Waals surface area contributed by atoms with Gasteiger partial charge in [0.25, 0.3) is 0 Å². The van der Waals surface area contributed by atoms with Crippen molar-refractivity contribution >= 4 is 22.9 Å². The predicted octanol–water partition coefficient (Wildman–Crippen LogP) is 0.672. The van der Waals surface area contributed by atoms with Crippen molar-refractivity contribution in [3.63, 3.8) is 0 Å². The van der Waals surface area contributed by atoms with E-state index in [1.165, 1.54) is 0 Å². The Hall–Kier alpha value is -2.65. The molecule has 0 aliphatic carbocycles. The zero-order valence-corrected chi connectivity index (χ0v) is 17.5. The molecule has 1 N–H and O–H groups in total. The van der Waals surface area contributed by atoms with Crippen LogP contribution in [0.25, 0.3) is 11.1 Å². The molecule has 30 heavy (non-hydrogen) atoms. The number of nitrogens with one attached hydrogen (secondary N) is 1. The maximum Gasteiger partial charge on any atom is 0.419 e. The van der Waals surface area contributed by atoms with Gasteiger partial charge in [0.15, 0.2) is 5.58 Å². The fourth-order valence-electron chi connectivity index (χ4n) is 3.63. The van der Waals surface area contributed by atoms with Gasteiger partial charge in [-0.05, 0) is 25.0 Å². The molecule has 1 aliphatic rings. The van der Waals surface area contributed by atoms with E-state index in [-0.39, 0.29) is 11.8 Å². The van der Waals surface area contributed by atoms with Crippen molar-refractivity contribution in [1.82, 2.24) is 19.7 Å².